The first-order chi connectivity index (χ1) is 23.7. The molecule has 4 heterocycles. The molecule has 2 aromatic heterocycles. The molecule has 0 bridgehead atoms. The zero-order valence-corrected chi connectivity index (χ0v) is 29.4. The highest BCUT2D eigenvalue weighted by molar-refractivity contribution is 14.1. The third kappa shape index (κ3) is 7.66. The first kappa shape index (κ1) is 35.8. The molecule has 0 radical (unpaired) electrons. The Bertz CT molecular complexity index is 1950. The van der Waals surface area contributed by atoms with Crippen LogP contribution in [-0.2, 0) is 17.5 Å². The van der Waals surface area contributed by atoms with Crippen LogP contribution in [0.4, 0.5) is 23.2 Å². The van der Waals surface area contributed by atoms with Crippen LogP contribution >= 0.6 is 33.9 Å². The molecule has 2 aliphatic heterocycles. The molecule has 6 rings (SSSR count). The Balaban J connectivity index is 1.11. The van der Waals surface area contributed by atoms with Crippen LogP contribution in [0.25, 0.3) is 0 Å². The summed E-state index contributed by atoms with van der Waals surface area (Å²) in [5, 5.41) is 11.4. The molecule has 4 aromatic rings. The van der Waals surface area contributed by atoms with Gasteiger partial charge in [0.15, 0.2) is 5.69 Å². The van der Waals surface area contributed by atoms with E-state index in [0.717, 1.165) is 46.0 Å². The highest BCUT2D eigenvalue weighted by atomic mass is 127. The van der Waals surface area contributed by atoms with Gasteiger partial charge >= 0.3 is 6.18 Å². The van der Waals surface area contributed by atoms with Crippen LogP contribution in [0.2, 0.25) is 0 Å². The standard InChI is InChI=1S/C34H32F4IN5O5S/c35-25-16-26(39)50-28(25)32(47)43-12-9-23(24(17-43)20-5-2-1-3-6-20)30(45)42-13-10-33(48,11-14-42)18-44-19-41-29(27(40)31(44)46)49-22-8-4-7-21(15-22)34(36,37)38/h1-8,15-16,19,23-24,48H,9-14,17-18,40H2/t23-,24+/m1/s1. The Morgan fingerprint density at radius 3 is 2.44 bits per heavy atom. The molecule has 3 N–H and O–H groups in total. The molecular formula is C34H32F4IN5O5S. The summed E-state index contributed by atoms with van der Waals surface area (Å²) >= 11 is 3.08. The lowest BCUT2D eigenvalue weighted by Crippen LogP contribution is -2.53. The maximum Gasteiger partial charge on any atom is 0.416 e. The van der Waals surface area contributed by atoms with Crippen LogP contribution in [-0.4, -0.2) is 68.1 Å². The molecule has 264 valence electrons. The molecule has 2 fully saturated rings. The van der Waals surface area contributed by atoms with Crippen LogP contribution < -0.4 is 16.0 Å². The van der Waals surface area contributed by atoms with E-state index in [0.29, 0.717) is 9.30 Å². The Morgan fingerprint density at radius 2 is 1.78 bits per heavy atom. The molecule has 50 heavy (non-hydrogen) atoms. The first-order valence-electron chi connectivity index (χ1n) is 15.7. The number of amides is 2. The van der Waals surface area contributed by atoms with Gasteiger partial charge in [0, 0.05) is 38.0 Å². The van der Waals surface area contributed by atoms with Gasteiger partial charge in [0.2, 0.25) is 11.8 Å². The number of carbonyl (C=O) groups is 2. The lowest BCUT2D eigenvalue weighted by molar-refractivity contribution is -0.142. The largest absolute Gasteiger partial charge is 0.437 e. The van der Waals surface area contributed by atoms with E-state index >= 15 is 0 Å². The molecule has 2 saturated heterocycles. The topological polar surface area (TPSA) is 131 Å². The van der Waals surface area contributed by atoms with Crippen molar-refractivity contribution in [2.24, 2.45) is 5.92 Å². The van der Waals surface area contributed by atoms with E-state index in [2.05, 4.69) is 4.98 Å². The molecular weight excluding hydrogens is 793 g/mol. The number of benzene rings is 2. The zero-order valence-electron chi connectivity index (χ0n) is 26.4. The van der Waals surface area contributed by atoms with Gasteiger partial charge in [-0.15, -0.1) is 11.3 Å². The van der Waals surface area contributed by atoms with Gasteiger partial charge in [-0.05, 0) is 71.7 Å². The number of halogens is 5. The SMILES string of the molecule is Nc1c(Oc2cccc(C(F)(F)F)c2)ncn(CC2(O)CCN(C(=O)[C@@H]3CCN(C(=O)c4sc(I)cc4F)C[C@H]3c3ccccc3)CC2)c1=O. The van der Waals surface area contributed by atoms with Crippen molar-refractivity contribution in [1.82, 2.24) is 19.4 Å². The Labute approximate surface area is 301 Å². The monoisotopic (exact) mass is 825 g/mol. The minimum absolute atomic E-state index is 0.0512. The van der Waals surface area contributed by atoms with E-state index in [1.165, 1.54) is 12.1 Å². The number of rotatable bonds is 7. The van der Waals surface area contributed by atoms with Gasteiger partial charge in [-0.3, -0.25) is 19.0 Å². The lowest BCUT2D eigenvalue weighted by Gasteiger charge is -2.43. The average molecular weight is 826 g/mol. The maximum absolute atomic E-state index is 14.5. The number of nitrogens with zero attached hydrogens (tertiary/aromatic N) is 4. The van der Waals surface area contributed by atoms with E-state index in [-0.39, 0.29) is 73.9 Å². The highest BCUT2D eigenvalue weighted by Gasteiger charge is 2.42. The van der Waals surface area contributed by atoms with Gasteiger partial charge < -0.3 is 25.4 Å². The summed E-state index contributed by atoms with van der Waals surface area (Å²) in [6, 6.07) is 14.8. The number of aromatic nitrogens is 2. The number of thiophene rings is 1. The van der Waals surface area contributed by atoms with Gasteiger partial charge in [-0.1, -0.05) is 36.4 Å². The molecule has 2 aromatic carbocycles. The summed E-state index contributed by atoms with van der Waals surface area (Å²) in [5.41, 5.74) is 3.36. The van der Waals surface area contributed by atoms with Crippen LogP contribution in [0.15, 0.2) is 71.8 Å². The summed E-state index contributed by atoms with van der Waals surface area (Å²) in [7, 11) is 0. The molecule has 0 aliphatic carbocycles. The number of ether oxygens (including phenoxy) is 1. The van der Waals surface area contributed by atoms with Crippen molar-refractivity contribution in [3.63, 3.8) is 0 Å². The summed E-state index contributed by atoms with van der Waals surface area (Å²) in [6.45, 7) is 0.775. The molecule has 2 atom stereocenters. The van der Waals surface area contributed by atoms with Gasteiger partial charge in [-0.25, -0.2) is 9.37 Å². The lowest BCUT2D eigenvalue weighted by atomic mass is 9.79. The molecule has 10 nitrogen and oxygen atoms in total. The third-order valence-corrected chi connectivity index (χ3v) is 11.0. The third-order valence-electron chi connectivity index (χ3n) is 9.18. The van der Waals surface area contributed by atoms with Gasteiger partial charge in [0.25, 0.3) is 11.5 Å². The number of likely N-dealkylation sites (tertiary alicyclic amines) is 2. The van der Waals surface area contributed by atoms with E-state index in [9.17, 15) is 37.1 Å². The summed E-state index contributed by atoms with van der Waals surface area (Å²) in [6.07, 6.45) is -2.80. The molecule has 2 amide bonds. The minimum Gasteiger partial charge on any atom is -0.437 e. The predicted molar refractivity (Wildman–Crippen MR) is 185 cm³/mol. The number of nitrogens with two attached hydrogens (primary N) is 1. The van der Waals surface area contributed by atoms with Gasteiger partial charge in [-0.2, -0.15) is 13.2 Å². The van der Waals surface area contributed by atoms with Crippen molar-refractivity contribution in [1.29, 1.82) is 0 Å². The molecule has 0 spiro atoms. The van der Waals surface area contributed by atoms with E-state index < -0.39 is 46.2 Å². The predicted octanol–water partition coefficient (Wildman–Crippen LogP) is 5.74. The molecule has 2 aliphatic rings. The van der Waals surface area contributed by atoms with Crippen molar-refractivity contribution in [2.75, 3.05) is 31.9 Å². The van der Waals surface area contributed by atoms with Crippen LogP contribution in [0.3, 0.4) is 0 Å². The van der Waals surface area contributed by atoms with Gasteiger partial charge in [0.05, 0.1) is 20.6 Å². The number of aliphatic hydroxyl groups is 1. The number of hydrogen-bond acceptors (Lipinski definition) is 8. The van der Waals surface area contributed by atoms with E-state index in [4.69, 9.17) is 10.5 Å². The fourth-order valence-electron chi connectivity index (χ4n) is 6.49. The number of piperidine rings is 2. The fourth-order valence-corrected chi connectivity index (χ4v) is 8.15. The Hall–Kier alpha value is -4.03. The summed E-state index contributed by atoms with van der Waals surface area (Å²) in [4.78, 5) is 47.7. The average Bonchev–Trinajstić information content (AvgIpc) is 3.45. The number of nitrogen functional groups attached to an aromatic ring is 1. The van der Waals surface area contributed by atoms with E-state index in [1.807, 2.05) is 52.9 Å². The van der Waals surface area contributed by atoms with E-state index in [1.54, 1.807) is 9.80 Å². The van der Waals surface area contributed by atoms with Crippen molar-refractivity contribution in [2.45, 2.75) is 43.5 Å². The van der Waals surface area contributed by atoms with Crippen LogP contribution in [0.1, 0.15) is 46.0 Å². The summed E-state index contributed by atoms with van der Waals surface area (Å²) in [5.74, 6) is -2.40. The quantitative estimate of drug-likeness (QED) is 0.180. The Kier molecular flexibility index (Phi) is 10.2. The van der Waals surface area contributed by atoms with Crippen molar-refractivity contribution in [3.05, 3.63) is 102 Å². The smallest absolute Gasteiger partial charge is 0.416 e. The second-order valence-electron chi connectivity index (χ2n) is 12.5. The van der Waals surface area contributed by atoms with Crippen molar-refractivity contribution in [3.8, 4) is 11.6 Å². The van der Waals surface area contributed by atoms with Gasteiger partial charge in [0.1, 0.15) is 22.8 Å². The number of hydrogen-bond donors (Lipinski definition) is 2. The minimum atomic E-state index is -4.59. The van der Waals surface area contributed by atoms with Crippen LogP contribution in [0.5, 0.6) is 11.6 Å². The zero-order chi connectivity index (χ0) is 35.8. The van der Waals surface area contributed by atoms with Crippen molar-refractivity contribution < 1.29 is 37.0 Å². The van der Waals surface area contributed by atoms with Crippen molar-refractivity contribution >= 4 is 51.4 Å². The fraction of sp³-hybridized carbons (Fsp3) is 0.353. The second kappa shape index (κ2) is 14.3. The number of carbonyl (C=O) groups excluding carboxylic acids is 2. The number of alkyl halides is 3. The summed E-state index contributed by atoms with van der Waals surface area (Å²) < 4.78 is 61.0. The number of anilines is 1. The molecule has 0 unspecified atom stereocenters. The first-order valence-corrected chi connectivity index (χ1v) is 17.6. The highest BCUT2D eigenvalue weighted by Crippen LogP contribution is 2.37. The Morgan fingerprint density at radius 1 is 1.06 bits per heavy atom. The van der Waals surface area contributed by atoms with Crippen LogP contribution in [0, 0.1) is 14.6 Å². The molecule has 0 saturated carbocycles. The second-order valence-corrected chi connectivity index (χ2v) is 15.4. The normalized spacial score (nSPS) is 19.3. The maximum atomic E-state index is 14.5. The molecule has 16 heteroatoms.